The van der Waals surface area contributed by atoms with Gasteiger partial charge in [0.05, 0.1) is 11.4 Å². The van der Waals surface area contributed by atoms with Gasteiger partial charge in [-0.25, -0.2) is 0 Å². The van der Waals surface area contributed by atoms with Crippen LogP contribution in [0.15, 0.2) is 52.4 Å². The van der Waals surface area contributed by atoms with Crippen LogP contribution in [0.4, 0.5) is 0 Å². The molecule has 1 N–H and O–H groups in total. The predicted molar refractivity (Wildman–Crippen MR) is 104 cm³/mol. The van der Waals surface area contributed by atoms with Crippen molar-refractivity contribution in [3.63, 3.8) is 0 Å². The van der Waals surface area contributed by atoms with Gasteiger partial charge < -0.3 is 9.42 Å². The highest BCUT2D eigenvalue weighted by Crippen LogP contribution is 2.22. The summed E-state index contributed by atoms with van der Waals surface area (Å²) in [5.74, 6) is 1.17. The largest absolute Gasteiger partial charge is 0.341 e. The van der Waals surface area contributed by atoms with Gasteiger partial charge in [0.1, 0.15) is 6.04 Å². The number of rotatable bonds is 6. The average Bonchev–Trinajstić information content (AvgIpc) is 3.41. The summed E-state index contributed by atoms with van der Waals surface area (Å²) in [6.45, 7) is 2.00. The van der Waals surface area contributed by atoms with Crippen molar-refractivity contribution in [3.8, 4) is 10.7 Å². The van der Waals surface area contributed by atoms with Gasteiger partial charge >= 0.3 is 0 Å². The summed E-state index contributed by atoms with van der Waals surface area (Å²) in [4.78, 5) is 20.5. The Bertz CT molecular complexity index is 857. The highest BCUT2D eigenvalue weighted by Gasteiger charge is 2.27. The van der Waals surface area contributed by atoms with E-state index in [1.165, 1.54) is 6.42 Å². The molecule has 0 bridgehead atoms. The van der Waals surface area contributed by atoms with Gasteiger partial charge in [-0.2, -0.15) is 4.98 Å². The van der Waals surface area contributed by atoms with Gasteiger partial charge in [-0.1, -0.05) is 41.6 Å². The molecule has 2 aromatic heterocycles. The van der Waals surface area contributed by atoms with Crippen molar-refractivity contribution in [3.05, 3.63) is 59.3 Å². The van der Waals surface area contributed by atoms with Crippen LogP contribution in [-0.2, 0) is 11.3 Å². The van der Waals surface area contributed by atoms with E-state index < -0.39 is 6.04 Å². The first kappa shape index (κ1) is 17.9. The fraction of sp³-hybridized carbons (Fsp3) is 0.350. The molecule has 1 aliphatic heterocycles. The minimum absolute atomic E-state index is 0.110. The van der Waals surface area contributed by atoms with Gasteiger partial charge in [-0.3, -0.25) is 10.1 Å². The van der Waals surface area contributed by atoms with Gasteiger partial charge in [0, 0.05) is 13.1 Å². The molecule has 27 heavy (non-hydrogen) atoms. The van der Waals surface area contributed by atoms with Gasteiger partial charge in [-0.05, 0) is 36.3 Å². The Kier molecular flexibility index (Phi) is 5.60. The van der Waals surface area contributed by atoms with Gasteiger partial charge in [0.2, 0.25) is 17.6 Å². The number of hydrogen-bond donors (Lipinski definition) is 1. The minimum Gasteiger partial charge on any atom is -0.341 e. The molecule has 1 saturated heterocycles. The third-order valence-corrected chi connectivity index (χ3v) is 5.58. The zero-order valence-corrected chi connectivity index (χ0v) is 15.8. The molecule has 1 fully saturated rings. The quantitative estimate of drug-likeness (QED) is 0.705. The van der Waals surface area contributed by atoms with E-state index in [0.717, 1.165) is 36.4 Å². The summed E-state index contributed by atoms with van der Waals surface area (Å²) >= 11 is 1.57. The second-order valence-electron chi connectivity index (χ2n) is 6.60. The van der Waals surface area contributed by atoms with Crippen LogP contribution in [0.1, 0.15) is 36.8 Å². The number of likely N-dealkylation sites (tertiary alicyclic amines) is 1. The van der Waals surface area contributed by atoms with E-state index in [9.17, 15) is 4.79 Å². The van der Waals surface area contributed by atoms with Crippen LogP contribution in [0.3, 0.4) is 0 Å². The maximum absolute atomic E-state index is 13.1. The first-order valence-corrected chi connectivity index (χ1v) is 10.1. The average molecular weight is 382 g/mol. The topological polar surface area (TPSA) is 71.3 Å². The molecule has 0 aliphatic carbocycles. The smallest absolute Gasteiger partial charge is 0.244 e. The van der Waals surface area contributed by atoms with Crippen LogP contribution in [0.25, 0.3) is 10.7 Å². The Balaban J connectivity index is 1.48. The van der Waals surface area contributed by atoms with Crippen molar-refractivity contribution in [1.82, 2.24) is 20.4 Å². The normalized spacial score (nSPS) is 15.6. The molecule has 1 aliphatic rings. The Morgan fingerprint density at radius 2 is 1.96 bits per heavy atom. The lowest BCUT2D eigenvalue weighted by Gasteiger charge is -2.30. The van der Waals surface area contributed by atoms with Crippen molar-refractivity contribution < 1.29 is 9.32 Å². The molecular formula is C20H22N4O2S. The number of nitrogens with zero attached hydrogens (tertiary/aromatic N) is 3. The maximum atomic E-state index is 13.1. The minimum atomic E-state index is -0.415. The van der Waals surface area contributed by atoms with Crippen molar-refractivity contribution in [2.45, 2.75) is 31.8 Å². The number of benzene rings is 1. The van der Waals surface area contributed by atoms with Gasteiger partial charge in [0.25, 0.3) is 0 Å². The number of carbonyl (C=O) groups is 1. The zero-order chi connectivity index (χ0) is 18.5. The van der Waals surface area contributed by atoms with Crippen LogP contribution in [0, 0.1) is 0 Å². The second-order valence-corrected chi connectivity index (χ2v) is 7.55. The predicted octanol–water partition coefficient (Wildman–Crippen LogP) is 3.64. The molecule has 6 nitrogen and oxygen atoms in total. The number of aromatic nitrogens is 2. The van der Waals surface area contributed by atoms with Gasteiger partial charge in [0.15, 0.2) is 0 Å². The molecule has 140 valence electrons. The van der Waals surface area contributed by atoms with E-state index >= 15 is 0 Å². The van der Waals surface area contributed by atoms with Crippen LogP contribution in [-0.4, -0.2) is 34.0 Å². The third kappa shape index (κ3) is 4.26. The number of nitrogens with one attached hydrogen (secondary N) is 1. The van der Waals surface area contributed by atoms with Crippen molar-refractivity contribution >= 4 is 17.2 Å². The Labute approximate surface area is 162 Å². The highest BCUT2D eigenvalue weighted by molar-refractivity contribution is 7.13. The lowest BCUT2D eigenvalue weighted by Crippen LogP contribution is -2.43. The Morgan fingerprint density at radius 3 is 2.70 bits per heavy atom. The molecule has 0 spiro atoms. The van der Waals surface area contributed by atoms with Crippen molar-refractivity contribution in [2.24, 2.45) is 0 Å². The Hall–Kier alpha value is -2.51. The SMILES string of the molecule is O=C(C(NCc1nc(-c2cccs2)no1)c1ccccc1)N1CCCCC1. The summed E-state index contributed by atoms with van der Waals surface area (Å²) < 4.78 is 5.36. The number of carbonyl (C=O) groups excluding carboxylic acids is 1. The number of thiophene rings is 1. The van der Waals surface area contributed by atoms with Crippen molar-refractivity contribution in [1.29, 1.82) is 0 Å². The molecule has 1 unspecified atom stereocenters. The lowest BCUT2D eigenvalue weighted by atomic mass is 10.0. The van der Waals surface area contributed by atoms with Crippen LogP contribution in [0.5, 0.6) is 0 Å². The van der Waals surface area contributed by atoms with E-state index in [-0.39, 0.29) is 5.91 Å². The van der Waals surface area contributed by atoms with E-state index in [1.54, 1.807) is 11.3 Å². The van der Waals surface area contributed by atoms with Crippen LogP contribution in [0.2, 0.25) is 0 Å². The van der Waals surface area contributed by atoms with Crippen LogP contribution >= 0.6 is 11.3 Å². The molecule has 1 aromatic carbocycles. The molecule has 0 saturated carbocycles. The fourth-order valence-corrected chi connectivity index (χ4v) is 3.96. The fourth-order valence-electron chi connectivity index (χ4n) is 3.31. The maximum Gasteiger partial charge on any atom is 0.244 e. The first-order valence-electron chi connectivity index (χ1n) is 9.25. The summed E-state index contributed by atoms with van der Waals surface area (Å²) in [7, 11) is 0. The molecule has 3 heterocycles. The number of hydrogen-bond acceptors (Lipinski definition) is 6. The summed E-state index contributed by atoms with van der Waals surface area (Å²) in [5, 5.41) is 9.34. The van der Waals surface area contributed by atoms with E-state index in [2.05, 4.69) is 15.5 Å². The number of amides is 1. The van der Waals surface area contributed by atoms with E-state index in [4.69, 9.17) is 4.52 Å². The van der Waals surface area contributed by atoms with E-state index in [1.807, 2.05) is 52.7 Å². The van der Waals surface area contributed by atoms with Gasteiger partial charge in [-0.15, -0.1) is 11.3 Å². The first-order chi connectivity index (χ1) is 13.3. The Morgan fingerprint density at radius 1 is 1.15 bits per heavy atom. The summed E-state index contributed by atoms with van der Waals surface area (Å²) in [5.41, 5.74) is 0.950. The molecular weight excluding hydrogens is 360 g/mol. The standard InChI is InChI=1S/C20H22N4O2S/c25-20(24-11-5-2-6-12-24)18(15-8-3-1-4-9-15)21-14-17-22-19(23-26-17)16-10-7-13-27-16/h1,3-4,7-10,13,18,21H,2,5-6,11-12,14H2. The van der Waals surface area contributed by atoms with Crippen molar-refractivity contribution in [2.75, 3.05) is 13.1 Å². The summed E-state index contributed by atoms with van der Waals surface area (Å²) in [6, 6.07) is 13.3. The molecule has 0 radical (unpaired) electrons. The monoisotopic (exact) mass is 382 g/mol. The molecule has 1 atom stereocenters. The van der Waals surface area contributed by atoms with Crippen LogP contribution < -0.4 is 5.32 Å². The second kappa shape index (κ2) is 8.45. The zero-order valence-electron chi connectivity index (χ0n) is 15.0. The molecule has 3 aromatic rings. The molecule has 4 rings (SSSR count). The highest BCUT2D eigenvalue weighted by atomic mass is 32.1. The third-order valence-electron chi connectivity index (χ3n) is 4.71. The summed E-state index contributed by atoms with van der Waals surface area (Å²) in [6.07, 6.45) is 3.34. The van der Waals surface area contributed by atoms with E-state index in [0.29, 0.717) is 18.3 Å². The molecule has 1 amide bonds. The lowest BCUT2D eigenvalue weighted by molar-refractivity contribution is -0.134. The molecule has 7 heteroatoms. The number of piperidine rings is 1.